The van der Waals surface area contributed by atoms with Gasteiger partial charge >= 0.3 is 5.97 Å². The van der Waals surface area contributed by atoms with Gasteiger partial charge in [-0.2, -0.15) is 0 Å². The van der Waals surface area contributed by atoms with E-state index in [2.05, 4.69) is 10.3 Å². The van der Waals surface area contributed by atoms with Crippen molar-refractivity contribution >= 4 is 58.8 Å². The zero-order valence-electron chi connectivity index (χ0n) is 18.5. The molecule has 1 aliphatic rings. The van der Waals surface area contributed by atoms with Gasteiger partial charge in [-0.15, -0.1) is 11.8 Å². The molecule has 1 aliphatic heterocycles. The first-order valence-corrected chi connectivity index (χ1v) is 12.7. The van der Waals surface area contributed by atoms with E-state index in [0.717, 1.165) is 10.5 Å². The van der Waals surface area contributed by atoms with E-state index in [1.807, 2.05) is 18.4 Å². The lowest BCUT2D eigenvalue weighted by atomic mass is 9.95. The quantitative estimate of drug-likeness (QED) is 0.399. The van der Waals surface area contributed by atoms with Crippen LogP contribution in [-0.4, -0.2) is 58.2 Å². The summed E-state index contributed by atoms with van der Waals surface area (Å²) in [6.45, 7) is 0.809. The Morgan fingerprint density at radius 3 is 2.59 bits per heavy atom. The fourth-order valence-electron chi connectivity index (χ4n) is 3.71. The zero-order valence-corrected chi connectivity index (χ0v) is 20.9. The van der Waals surface area contributed by atoms with Crippen molar-refractivity contribution in [1.29, 1.82) is 0 Å². The number of hydrogen-bond acceptors (Lipinski definition) is 5. The molecule has 180 valence electrons. The van der Waals surface area contributed by atoms with Crippen molar-refractivity contribution in [2.75, 3.05) is 19.3 Å². The highest BCUT2D eigenvalue weighted by Gasteiger charge is 2.29. The summed E-state index contributed by atoms with van der Waals surface area (Å²) in [5, 5.41) is 13.0. The number of amides is 2. The topological polar surface area (TPSA) is 99.6 Å². The molecular formula is C24H25Cl2N3O4S. The minimum absolute atomic E-state index is 0.154. The molecule has 10 heteroatoms. The first-order valence-electron chi connectivity index (χ1n) is 10.7. The second-order valence-corrected chi connectivity index (χ2v) is 9.49. The third kappa shape index (κ3) is 6.74. The molecule has 0 unspecified atom stereocenters. The second kappa shape index (κ2) is 12.2. The molecule has 0 saturated carbocycles. The molecule has 0 radical (unpaired) electrons. The van der Waals surface area contributed by atoms with Crippen LogP contribution in [-0.2, 0) is 20.8 Å². The van der Waals surface area contributed by atoms with Gasteiger partial charge in [0.05, 0.1) is 10.0 Å². The highest BCUT2D eigenvalue weighted by molar-refractivity contribution is 7.98. The molecule has 1 saturated heterocycles. The average molecular weight is 522 g/mol. The summed E-state index contributed by atoms with van der Waals surface area (Å²) in [6.07, 6.45) is 9.25. The summed E-state index contributed by atoms with van der Waals surface area (Å²) in [6, 6.07) is 6.12. The number of thioether (sulfide) groups is 1. The number of carboxylic acid groups (broad SMARTS) is 1. The highest BCUT2D eigenvalue weighted by Crippen LogP contribution is 2.35. The van der Waals surface area contributed by atoms with E-state index in [9.17, 15) is 19.5 Å². The first-order chi connectivity index (χ1) is 16.3. The number of nitrogens with zero attached hydrogens (tertiary/aromatic N) is 2. The van der Waals surface area contributed by atoms with Crippen LogP contribution in [0.25, 0.3) is 6.08 Å². The summed E-state index contributed by atoms with van der Waals surface area (Å²) in [7, 11) is 0. The van der Waals surface area contributed by atoms with Crippen LogP contribution >= 0.6 is 35.0 Å². The van der Waals surface area contributed by atoms with Gasteiger partial charge in [0, 0.05) is 48.8 Å². The lowest BCUT2D eigenvalue weighted by molar-refractivity contribution is -0.142. The summed E-state index contributed by atoms with van der Waals surface area (Å²) in [5.41, 5.74) is 1.38. The maximum absolute atomic E-state index is 12.7. The van der Waals surface area contributed by atoms with Gasteiger partial charge in [-0.25, -0.2) is 4.79 Å². The molecule has 1 fully saturated rings. The number of rotatable bonds is 8. The maximum atomic E-state index is 12.7. The largest absolute Gasteiger partial charge is 0.480 e. The molecule has 1 aromatic heterocycles. The lowest BCUT2D eigenvalue weighted by Gasteiger charge is -2.31. The predicted molar refractivity (Wildman–Crippen MR) is 134 cm³/mol. The molecule has 2 N–H and O–H groups in total. The van der Waals surface area contributed by atoms with Crippen LogP contribution < -0.4 is 5.32 Å². The van der Waals surface area contributed by atoms with Crippen molar-refractivity contribution in [3.8, 4) is 0 Å². The van der Waals surface area contributed by atoms with Crippen LogP contribution in [0.1, 0.15) is 24.0 Å². The Hall–Kier alpha value is -2.55. The van der Waals surface area contributed by atoms with Crippen molar-refractivity contribution in [2.45, 2.75) is 30.2 Å². The number of likely N-dealkylation sites (tertiary alicyclic amines) is 1. The normalized spacial score (nSPS) is 15.3. The Balaban J connectivity index is 1.53. The standard InChI is InChI=1S/C24H25Cl2N3O4S/c1-34-19-6-4-16(21(25)22(19)26)5-7-20(30)29-11-8-17(9-12-29)23(31)28-18(24(32)33)13-15-3-2-10-27-14-15/h2-7,10,14,17-18H,8-9,11-13H2,1H3,(H,28,31)(H,32,33)/b7-5+/t18-/m0/s1. The lowest BCUT2D eigenvalue weighted by Crippen LogP contribution is -2.48. The number of carboxylic acids is 1. The van der Waals surface area contributed by atoms with Gasteiger partial charge in [-0.1, -0.05) is 35.3 Å². The summed E-state index contributed by atoms with van der Waals surface area (Å²) in [5.74, 6) is -1.94. The number of halogens is 2. The van der Waals surface area contributed by atoms with Crippen molar-refractivity contribution < 1.29 is 19.5 Å². The number of nitrogens with one attached hydrogen (secondary N) is 1. The van der Waals surface area contributed by atoms with Gasteiger partial charge in [0.1, 0.15) is 6.04 Å². The van der Waals surface area contributed by atoms with Crippen molar-refractivity contribution in [3.05, 3.63) is 63.9 Å². The van der Waals surface area contributed by atoms with Crippen LogP contribution in [0, 0.1) is 5.92 Å². The minimum atomic E-state index is -1.10. The number of benzene rings is 1. The van der Waals surface area contributed by atoms with E-state index in [1.54, 1.807) is 35.5 Å². The summed E-state index contributed by atoms with van der Waals surface area (Å²) < 4.78 is 0. The number of hydrogen-bond donors (Lipinski definition) is 2. The zero-order chi connectivity index (χ0) is 24.7. The molecule has 3 rings (SSSR count). The summed E-state index contributed by atoms with van der Waals surface area (Å²) in [4.78, 5) is 43.4. The molecule has 0 aliphatic carbocycles. The Morgan fingerprint density at radius 1 is 1.24 bits per heavy atom. The molecule has 2 heterocycles. The third-order valence-corrected chi connectivity index (χ3v) is 7.45. The van der Waals surface area contributed by atoms with Gasteiger partial charge in [-0.05, 0) is 48.4 Å². The molecule has 34 heavy (non-hydrogen) atoms. The monoisotopic (exact) mass is 521 g/mol. The Bertz CT molecular complexity index is 1070. The van der Waals surface area contributed by atoms with Crippen molar-refractivity contribution in [3.63, 3.8) is 0 Å². The molecule has 2 amide bonds. The van der Waals surface area contributed by atoms with E-state index in [4.69, 9.17) is 23.2 Å². The molecule has 7 nitrogen and oxygen atoms in total. The molecule has 0 bridgehead atoms. The number of pyridine rings is 1. The Morgan fingerprint density at radius 2 is 1.97 bits per heavy atom. The van der Waals surface area contributed by atoms with Crippen LogP contribution in [0.4, 0.5) is 0 Å². The Labute approximate surface area is 212 Å². The van der Waals surface area contributed by atoms with E-state index >= 15 is 0 Å². The van der Waals surface area contributed by atoms with Gasteiger partial charge < -0.3 is 15.3 Å². The smallest absolute Gasteiger partial charge is 0.326 e. The highest BCUT2D eigenvalue weighted by atomic mass is 35.5. The van der Waals surface area contributed by atoms with E-state index in [1.165, 1.54) is 17.8 Å². The Kier molecular flexibility index (Phi) is 9.38. The average Bonchev–Trinajstić information content (AvgIpc) is 2.85. The van der Waals surface area contributed by atoms with E-state index in [0.29, 0.717) is 41.5 Å². The van der Waals surface area contributed by atoms with Gasteiger partial charge in [0.15, 0.2) is 0 Å². The number of piperidine rings is 1. The number of carbonyl (C=O) groups is 3. The van der Waals surface area contributed by atoms with Crippen LogP contribution in [0.3, 0.4) is 0 Å². The molecule has 0 spiro atoms. The second-order valence-electron chi connectivity index (χ2n) is 7.88. The van der Waals surface area contributed by atoms with Crippen LogP contribution in [0.5, 0.6) is 0 Å². The predicted octanol–water partition coefficient (Wildman–Crippen LogP) is 4.17. The molecular weight excluding hydrogens is 497 g/mol. The van der Waals surface area contributed by atoms with Gasteiger partial charge in [-0.3, -0.25) is 14.6 Å². The maximum Gasteiger partial charge on any atom is 0.326 e. The summed E-state index contributed by atoms with van der Waals surface area (Å²) >= 11 is 14.0. The van der Waals surface area contributed by atoms with Crippen LogP contribution in [0.2, 0.25) is 10.0 Å². The van der Waals surface area contributed by atoms with Crippen LogP contribution in [0.15, 0.2) is 47.6 Å². The van der Waals surface area contributed by atoms with Gasteiger partial charge in [0.25, 0.3) is 0 Å². The minimum Gasteiger partial charge on any atom is -0.480 e. The number of aliphatic carboxylic acids is 1. The first kappa shape index (κ1) is 26.1. The van der Waals surface area contributed by atoms with Crippen molar-refractivity contribution in [2.24, 2.45) is 5.92 Å². The third-order valence-electron chi connectivity index (χ3n) is 5.66. The fraction of sp³-hybridized carbons (Fsp3) is 0.333. The van der Waals surface area contributed by atoms with E-state index < -0.39 is 12.0 Å². The molecule has 2 aromatic rings. The van der Waals surface area contributed by atoms with Gasteiger partial charge in [0.2, 0.25) is 11.8 Å². The number of carbonyl (C=O) groups excluding carboxylic acids is 2. The molecule has 1 atom stereocenters. The van der Waals surface area contributed by atoms with E-state index in [-0.39, 0.29) is 24.2 Å². The fourth-order valence-corrected chi connectivity index (χ4v) is 4.88. The SMILES string of the molecule is CSc1ccc(/C=C/C(=O)N2CCC(C(=O)N[C@@H](Cc3cccnc3)C(=O)O)CC2)c(Cl)c1Cl. The van der Waals surface area contributed by atoms with Crippen molar-refractivity contribution in [1.82, 2.24) is 15.2 Å². The number of aromatic nitrogens is 1. The molecule has 1 aromatic carbocycles.